The summed E-state index contributed by atoms with van der Waals surface area (Å²) in [6.45, 7) is 4.30. The lowest BCUT2D eigenvalue weighted by Crippen LogP contribution is -2.29. The molecule has 0 radical (unpaired) electrons. The molecule has 3 aromatic carbocycles. The molecule has 1 aromatic heterocycles. The molecule has 0 aliphatic carbocycles. The number of halogens is 3. The standard InChI is InChI=1S/C37H39Cl3N4O5/c38-32-15-28(20-43-21-29(46)22-45)34(48-23-26-14-25(17-41)18-42-19-26)16-35(32)49-24-27-6-3-7-30(36(27)39)31-8-4-9-33(37(31)40)47-13-5-12-44-10-1-2-11-44/h3-4,6-9,14-16,18-19,29,43,45-46H,1-2,5,10-13,20-24H2. The van der Waals surface area contributed by atoms with Gasteiger partial charge in [0.1, 0.15) is 36.5 Å². The third-order valence-corrected chi connectivity index (χ3v) is 9.26. The minimum atomic E-state index is -0.905. The number of likely N-dealkylation sites (tertiary alicyclic amines) is 1. The molecular weight excluding hydrogens is 687 g/mol. The number of rotatable bonds is 17. The SMILES string of the molecule is N#Cc1cncc(COc2cc(OCc3cccc(-c4cccc(OCCCN5CCCC5)c4Cl)c3Cl)c(Cl)cc2CNCC(O)CO)c1. The zero-order valence-electron chi connectivity index (χ0n) is 27.0. The summed E-state index contributed by atoms with van der Waals surface area (Å²) in [7, 11) is 0. The summed E-state index contributed by atoms with van der Waals surface area (Å²) in [6.07, 6.45) is 5.67. The van der Waals surface area contributed by atoms with Gasteiger partial charge in [-0.15, -0.1) is 0 Å². The number of pyridine rings is 1. The Bertz CT molecular complexity index is 1750. The maximum absolute atomic E-state index is 9.76. The van der Waals surface area contributed by atoms with Crippen molar-refractivity contribution in [3.05, 3.63) is 104 Å². The highest BCUT2D eigenvalue weighted by Gasteiger charge is 2.17. The van der Waals surface area contributed by atoms with Crippen molar-refractivity contribution in [1.29, 1.82) is 5.26 Å². The number of nitrogens with zero attached hydrogens (tertiary/aromatic N) is 3. The van der Waals surface area contributed by atoms with E-state index in [1.807, 2.05) is 36.4 Å². The lowest BCUT2D eigenvalue weighted by atomic mass is 10.0. The number of nitrogens with one attached hydrogen (secondary N) is 1. The number of benzene rings is 3. The van der Waals surface area contributed by atoms with Gasteiger partial charge in [-0.25, -0.2) is 0 Å². The minimum Gasteiger partial charge on any atom is -0.492 e. The summed E-state index contributed by atoms with van der Waals surface area (Å²) in [5.41, 5.74) is 4.09. The van der Waals surface area contributed by atoms with Crippen LogP contribution in [-0.2, 0) is 19.8 Å². The van der Waals surface area contributed by atoms with Crippen LogP contribution in [0.5, 0.6) is 17.2 Å². The van der Waals surface area contributed by atoms with Gasteiger partial charge in [-0.05, 0) is 50.6 Å². The largest absolute Gasteiger partial charge is 0.492 e. The molecule has 1 aliphatic heterocycles. The van der Waals surface area contributed by atoms with Crippen LogP contribution in [-0.4, -0.2) is 65.6 Å². The van der Waals surface area contributed by atoms with E-state index >= 15 is 0 Å². The molecule has 49 heavy (non-hydrogen) atoms. The fourth-order valence-electron chi connectivity index (χ4n) is 5.55. The Morgan fingerprint density at radius 2 is 1.63 bits per heavy atom. The average Bonchev–Trinajstić information content (AvgIpc) is 3.64. The van der Waals surface area contributed by atoms with Crippen LogP contribution in [0.2, 0.25) is 15.1 Å². The quantitative estimate of drug-likeness (QED) is 0.0985. The lowest BCUT2D eigenvalue weighted by molar-refractivity contribution is 0.0941. The molecule has 12 heteroatoms. The van der Waals surface area contributed by atoms with E-state index < -0.39 is 6.10 Å². The second-order valence-electron chi connectivity index (χ2n) is 11.8. The Morgan fingerprint density at radius 3 is 2.41 bits per heavy atom. The van der Waals surface area contributed by atoms with E-state index in [0.29, 0.717) is 62.2 Å². The molecule has 2 heterocycles. The Morgan fingerprint density at radius 1 is 0.878 bits per heavy atom. The fourth-order valence-corrected chi connectivity index (χ4v) is 6.35. The second-order valence-corrected chi connectivity index (χ2v) is 12.9. The number of aliphatic hydroxyl groups is 2. The highest BCUT2D eigenvalue weighted by atomic mass is 35.5. The first kappa shape index (κ1) is 36.7. The number of ether oxygens (including phenoxy) is 3. The molecule has 0 bridgehead atoms. The van der Waals surface area contributed by atoms with Crippen molar-refractivity contribution in [3.63, 3.8) is 0 Å². The summed E-state index contributed by atoms with van der Waals surface area (Å²) in [6, 6.07) is 18.6. The molecule has 0 amide bonds. The third kappa shape index (κ3) is 10.2. The predicted molar refractivity (Wildman–Crippen MR) is 192 cm³/mol. The summed E-state index contributed by atoms with van der Waals surface area (Å²) in [5.74, 6) is 1.48. The van der Waals surface area contributed by atoms with E-state index in [2.05, 4.69) is 21.3 Å². The van der Waals surface area contributed by atoms with Gasteiger partial charge in [0, 0.05) is 65.9 Å². The van der Waals surface area contributed by atoms with Gasteiger partial charge < -0.3 is 34.6 Å². The Balaban J connectivity index is 1.30. The Hall–Kier alpha value is -3.59. The van der Waals surface area contributed by atoms with Crippen molar-refractivity contribution in [1.82, 2.24) is 15.2 Å². The smallest absolute Gasteiger partial charge is 0.142 e. The molecule has 5 rings (SSSR count). The molecule has 9 nitrogen and oxygen atoms in total. The lowest BCUT2D eigenvalue weighted by Gasteiger charge is -2.18. The number of aromatic nitrogens is 1. The highest BCUT2D eigenvalue weighted by Crippen LogP contribution is 2.40. The van der Waals surface area contributed by atoms with Crippen molar-refractivity contribution in [2.24, 2.45) is 0 Å². The molecule has 4 aromatic rings. The molecule has 258 valence electrons. The van der Waals surface area contributed by atoms with Gasteiger partial charge in [-0.3, -0.25) is 4.98 Å². The molecule has 0 spiro atoms. The van der Waals surface area contributed by atoms with Crippen LogP contribution in [0.3, 0.4) is 0 Å². The first-order valence-electron chi connectivity index (χ1n) is 16.2. The summed E-state index contributed by atoms with van der Waals surface area (Å²) in [5, 5.41) is 32.6. The van der Waals surface area contributed by atoms with Crippen molar-refractivity contribution in [3.8, 4) is 34.4 Å². The van der Waals surface area contributed by atoms with Crippen molar-refractivity contribution >= 4 is 34.8 Å². The molecule has 1 saturated heterocycles. The van der Waals surface area contributed by atoms with Gasteiger partial charge in [0.15, 0.2) is 0 Å². The van der Waals surface area contributed by atoms with E-state index in [1.165, 1.54) is 19.0 Å². The van der Waals surface area contributed by atoms with Crippen LogP contribution in [0, 0.1) is 11.3 Å². The summed E-state index contributed by atoms with van der Waals surface area (Å²) >= 11 is 20.5. The van der Waals surface area contributed by atoms with E-state index in [0.717, 1.165) is 42.7 Å². The van der Waals surface area contributed by atoms with Crippen LogP contribution in [0.25, 0.3) is 11.1 Å². The summed E-state index contributed by atoms with van der Waals surface area (Å²) < 4.78 is 18.4. The maximum Gasteiger partial charge on any atom is 0.142 e. The Labute approximate surface area is 301 Å². The number of nitriles is 1. The van der Waals surface area contributed by atoms with Crippen LogP contribution in [0.4, 0.5) is 0 Å². The third-order valence-electron chi connectivity index (χ3n) is 8.13. The normalized spacial score (nSPS) is 13.6. The van der Waals surface area contributed by atoms with Crippen LogP contribution >= 0.6 is 34.8 Å². The number of hydrogen-bond donors (Lipinski definition) is 3. The monoisotopic (exact) mass is 724 g/mol. The fraction of sp³-hybridized carbons (Fsp3) is 0.351. The van der Waals surface area contributed by atoms with E-state index in [-0.39, 0.29) is 26.4 Å². The number of aliphatic hydroxyl groups excluding tert-OH is 2. The zero-order valence-corrected chi connectivity index (χ0v) is 29.3. The van der Waals surface area contributed by atoms with Gasteiger partial charge in [-0.1, -0.05) is 65.1 Å². The van der Waals surface area contributed by atoms with Crippen LogP contribution in [0.1, 0.15) is 41.5 Å². The van der Waals surface area contributed by atoms with Crippen molar-refractivity contribution in [2.75, 3.05) is 39.4 Å². The van der Waals surface area contributed by atoms with Crippen LogP contribution in [0.15, 0.2) is 67.0 Å². The maximum atomic E-state index is 9.76. The van der Waals surface area contributed by atoms with Gasteiger partial charge in [0.05, 0.1) is 39.9 Å². The van der Waals surface area contributed by atoms with E-state index in [4.69, 9.17) is 54.1 Å². The zero-order chi connectivity index (χ0) is 34.6. The predicted octanol–water partition coefficient (Wildman–Crippen LogP) is 7.05. The molecule has 1 fully saturated rings. The van der Waals surface area contributed by atoms with Crippen LogP contribution < -0.4 is 19.5 Å². The van der Waals surface area contributed by atoms with Gasteiger partial charge in [0.2, 0.25) is 0 Å². The first-order chi connectivity index (χ1) is 23.9. The van der Waals surface area contributed by atoms with Crippen molar-refractivity contribution < 1.29 is 24.4 Å². The average molecular weight is 726 g/mol. The van der Waals surface area contributed by atoms with Crippen molar-refractivity contribution in [2.45, 2.75) is 45.1 Å². The van der Waals surface area contributed by atoms with Gasteiger partial charge >= 0.3 is 0 Å². The molecule has 1 unspecified atom stereocenters. The summed E-state index contributed by atoms with van der Waals surface area (Å²) in [4.78, 5) is 6.56. The van der Waals surface area contributed by atoms with E-state index in [9.17, 15) is 10.4 Å². The topological polar surface area (TPSA) is 120 Å². The molecule has 0 saturated carbocycles. The highest BCUT2D eigenvalue weighted by molar-refractivity contribution is 6.37. The first-order valence-corrected chi connectivity index (χ1v) is 17.3. The Kier molecular flexibility index (Phi) is 13.8. The number of hydrogen-bond acceptors (Lipinski definition) is 9. The molecule has 3 N–H and O–H groups in total. The van der Waals surface area contributed by atoms with Gasteiger partial charge in [0.25, 0.3) is 0 Å². The van der Waals surface area contributed by atoms with E-state index in [1.54, 1.807) is 24.4 Å². The molecule has 1 atom stereocenters. The minimum absolute atomic E-state index is 0.116. The molecule has 1 aliphatic rings. The molecular formula is C37H39Cl3N4O5. The second kappa shape index (κ2) is 18.4. The van der Waals surface area contributed by atoms with Gasteiger partial charge in [-0.2, -0.15) is 5.26 Å².